The van der Waals surface area contributed by atoms with Crippen molar-refractivity contribution in [2.45, 2.75) is 38.8 Å². The molecule has 104 valence electrons. The van der Waals surface area contributed by atoms with Gasteiger partial charge in [0.15, 0.2) is 0 Å². The summed E-state index contributed by atoms with van der Waals surface area (Å²) in [7, 11) is 0. The molecule has 1 aliphatic heterocycles. The van der Waals surface area contributed by atoms with Gasteiger partial charge in [-0.25, -0.2) is 0 Å². The number of hydrogen-bond acceptors (Lipinski definition) is 2. The van der Waals surface area contributed by atoms with Crippen molar-refractivity contribution in [3.05, 3.63) is 22.4 Å². The molecule has 6 heteroatoms. The Kier molecular flexibility index (Phi) is 4.29. The van der Waals surface area contributed by atoms with Gasteiger partial charge in [-0.15, -0.1) is 0 Å². The van der Waals surface area contributed by atoms with Gasteiger partial charge in [-0.3, -0.25) is 9.59 Å². The van der Waals surface area contributed by atoms with Gasteiger partial charge in [-0.05, 0) is 42.3 Å². The fourth-order valence-corrected chi connectivity index (χ4v) is 2.63. The predicted molar refractivity (Wildman–Crippen MR) is 76.0 cm³/mol. The van der Waals surface area contributed by atoms with Crippen molar-refractivity contribution in [2.24, 2.45) is 0 Å². The van der Waals surface area contributed by atoms with Crippen molar-refractivity contribution in [2.75, 3.05) is 6.54 Å². The van der Waals surface area contributed by atoms with Gasteiger partial charge >= 0.3 is 0 Å². The number of nitrogens with zero attached hydrogens (tertiary/aromatic N) is 1. The number of rotatable bonds is 4. The summed E-state index contributed by atoms with van der Waals surface area (Å²) in [5.41, 5.74) is 0.631. The first-order chi connectivity index (χ1) is 8.97. The van der Waals surface area contributed by atoms with Gasteiger partial charge in [-0.2, -0.15) is 0 Å². The van der Waals surface area contributed by atoms with Crippen LogP contribution >= 0.6 is 15.9 Å². The van der Waals surface area contributed by atoms with Crippen LogP contribution in [0.15, 0.2) is 16.7 Å². The Morgan fingerprint density at radius 2 is 2.37 bits per heavy atom. The van der Waals surface area contributed by atoms with E-state index in [0.717, 1.165) is 10.9 Å². The van der Waals surface area contributed by atoms with Crippen LogP contribution in [0.25, 0.3) is 0 Å². The van der Waals surface area contributed by atoms with Crippen LogP contribution in [0.3, 0.4) is 0 Å². The zero-order valence-corrected chi connectivity index (χ0v) is 12.7. The molecule has 0 radical (unpaired) electrons. The Labute approximate surface area is 120 Å². The molecular formula is C13H18BrN3O2. The molecule has 0 saturated carbocycles. The first-order valence-electron chi connectivity index (χ1n) is 6.42. The van der Waals surface area contributed by atoms with E-state index in [-0.39, 0.29) is 23.9 Å². The summed E-state index contributed by atoms with van der Waals surface area (Å²) in [5, 5.41) is 5.71. The topological polar surface area (TPSA) is 63.1 Å². The largest absolute Gasteiger partial charge is 0.352 e. The lowest BCUT2D eigenvalue weighted by Gasteiger charge is -2.14. The van der Waals surface area contributed by atoms with Gasteiger partial charge in [0.25, 0.3) is 5.91 Å². The summed E-state index contributed by atoms with van der Waals surface area (Å²) in [6.07, 6.45) is 3.24. The third kappa shape index (κ3) is 3.37. The van der Waals surface area contributed by atoms with E-state index in [4.69, 9.17) is 0 Å². The molecule has 0 aliphatic carbocycles. The molecule has 2 rings (SSSR count). The van der Waals surface area contributed by atoms with Crippen molar-refractivity contribution in [1.82, 2.24) is 15.2 Å². The quantitative estimate of drug-likeness (QED) is 0.886. The zero-order valence-electron chi connectivity index (χ0n) is 11.1. The van der Waals surface area contributed by atoms with Crippen molar-refractivity contribution >= 4 is 27.7 Å². The first-order valence-corrected chi connectivity index (χ1v) is 7.21. The Balaban J connectivity index is 1.98. The van der Waals surface area contributed by atoms with E-state index in [1.165, 1.54) is 0 Å². The van der Waals surface area contributed by atoms with Crippen LogP contribution in [-0.4, -0.2) is 29.0 Å². The van der Waals surface area contributed by atoms with Crippen LogP contribution in [0.2, 0.25) is 0 Å². The molecule has 2 amide bonds. The van der Waals surface area contributed by atoms with E-state index in [1.807, 2.05) is 30.7 Å². The van der Waals surface area contributed by atoms with Gasteiger partial charge in [0.05, 0.1) is 0 Å². The normalized spacial score (nSPS) is 18.7. The molecule has 1 aromatic heterocycles. The fourth-order valence-electron chi connectivity index (χ4n) is 2.19. The average molecular weight is 328 g/mol. The van der Waals surface area contributed by atoms with Crippen LogP contribution in [0, 0.1) is 0 Å². The van der Waals surface area contributed by atoms with Gasteiger partial charge in [0.1, 0.15) is 5.69 Å². The van der Waals surface area contributed by atoms with E-state index in [9.17, 15) is 9.59 Å². The number of hydrogen-bond donors (Lipinski definition) is 2. The molecule has 19 heavy (non-hydrogen) atoms. The Morgan fingerprint density at radius 3 is 2.95 bits per heavy atom. The van der Waals surface area contributed by atoms with Crippen molar-refractivity contribution in [3.8, 4) is 0 Å². The zero-order chi connectivity index (χ0) is 14.0. The molecule has 1 aromatic rings. The lowest BCUT2D eigenvalue weighted by atomic mass is 10.2. The molecule has 0 spiro atoms. The molecule has 1 aliphatic rings. The maximum absolute atomic E-state index is 12.2. The monoisotopic (exact) mass is 327 g/mol. The first kappa shape index (κ1) is 14.1. The SMILES string of the molecule is CC(C)n1cc(Br)cc1C(=O)NCC1CCC(=O)N1. The second-order valence-corrected chi connectivity index (χ2v) is 5.97. The highest BCUT2D eigenvalue weighted by atomic mass is 79.9. The summed E-state index contributed by atoms with van der Waals surface area (Å²) in [5.74, 6) is -0.0481. The van der Waals surface area contributed by atoms with Crippen LogP contribution < -0.4 is 10.6 Å². The molecule has 0 aromatic carbocycles. The number of aromatic nitrogens is 1. The minimum atomic E-state index is -0.111. The second kappa shape index (κ2) is 5.77. The molecule has 5 nitrogen and oxygen atoms in total. The molecule has 1 unspecified atom stereocenters. The third-order valence-corrected chi connectivity index (χ3v) is 3.63. The van der Waals surface area contributed by atoms with Crippen LogP contribution in [0.5, 0.6) is 0 Å². The molecule has 1 atom stereocenters. The molecule has 2 N–H and O–H groups in total. The van der Waals surface area contributed by atoms with E-state index in [2.05, 4.69) is 26.6 Å². The van der Waals surface area contributed by atoms with Crippen molar-refractivity contribution in [1.29, 1.82) is 0 Å². The Hall–Kier alpha value is -1.30. The molecule has 1 fully saturated rings. The van der Waals surface area contributed by atoms with Crippen LogP contribution in [0.4, 0.5) is 0 Å². The smallest absolute Gasteiger partial charge is 0.268 e. The standard InChI is InChI=1S/C13H18BrN3O2/c1-8(2)17-7-9(14)5-11(17)13(19)15-6-10-3-4-12(18)16-10/h5,7-8,10H,3-4,6H2,1-2H3,(H,15,19)(H,16,18). The van der Waals surface area contributed by atoms with Gasteiger partial charge in [0, 0.05) is 35.7 Å². The third-order valence-electron chi connectivity index (χ3n) is 3.20. The number of halogens is 1. The number of carbonyl (C=O) groups is 2. The Bertz CT molecular complexity index is 496. The van der Waals surface area contributed by atoms with E-state index in [0.29, 0.717) is 18.7 Å². The second-order valence-electron chi connectivity index (χ2n) is 5.06. The molecule has 1 saturated heterocycles. The molecular weight excluding hydrogens is 310 g/mol. The minimum absolute atomic E-state index is 0.0577. The lowest BCUT2D eigenvalue weighted by molar-refractivity contribution is -0.119. The summed E-state index contributed by atoms with van der Waals surface area (Å²) in [6, 6.07) is 2.09. The average Bonchev–Trinajstić information content (AvgIpc) is 2.92. The van der Waals surface area contributed by atoms with Gasteiger partial charge in [-0.1, -0.05) is 0 Å². The summed E-state index contributed by atoms with van der Waals surface area (Å²) < 4.78 is 2.81. The summed E-state index contributed by atoms with van der Waals surface area (Å²) in [4.78, 5) is 23.2. The summed E-state index contributed by atoms with van der Waals surface area (Å²) in [6.45, 7) is 4.53. The summed E-state index contributed by atoms with van der Waals surface area (Å²) >= 11 is 3.39. The molecule has 0 bridgehead atoms. The fraction of sp³-hybridized carbons (Fsp3) is 0.538. The number of carbonyl (C=O) groups excluding carboxylic acids is 2. The predicted octanol–water partition coefficient (Wildman–Crippen LogP) is 1.84. The lowest BCUT2D eigenvalue weighted by Crippen LogP contribution is -2.39. The highest BCUT2D eigenvalue weighted by Crippen LogP contribution is 2.19. The van der Waals surface area contributed by atoms with Gasteiger partial charge in [0.2, 0.25) is 5.91 Å². The van der Waals surface area contributed by atoms with Crippen molar-refractivity contribution < 1.29 is 9.59 Å². The highest BCUT2D eigenvalue weighted by molar-refractivity contribution is 9.10. The van der Waals surface area contributed by atoms with Crippen molar-refractivity contribution in [3.63, 3.8) is 0 Å². The molecule has 2 heterocycles. The van der Waals surface area contributed by atoms with E-state index in [1.54, 1.807) is 0 Å². The van der Waals surface area contributed by atoms with Crippen LogP contribution in [-0.2, 0) is 4.79 Å². The number of amides is 2. The van der Waals surface area contributed by atoms with Gasteiger partial charge < -0.3 is 15.2 Å². The van der Waals surface area contributed by atoms with Crippen LogP contribution in [0.1, 0.15) is 43.2 Å². The highest BCUT2D eigenvalue weighted by Gasteiger charge is 2.22. The van der Waals surface area contributed by atoms with E-state index < -0.39 is 0 Å². The van der Waals surface area contributed by atoms with E-state index >= 15 is 0 Å². The minimum Gasteiger partial charge on any atom is -0.352 e. The number of nitrogens with one attached hydrogen (secondary N) is 2. The maximum atomic E-state index is 12.2. The maximum Gasteiger partial charge on any atom is 0.268 e. The Morgan fingerprint density at radius 1 is 1.63 bits per heavy atom.